The first-order chi connectivity index (χ1) is 15.9. The Morgan fingerprint density at radius 3 is 2.30 bits per heavy atom. The predicted molar refractivity (Wildman–Crippen MR) is 128 cm³/mol. The third-order valence-corrected chi connectivity index (χ3v) is 6.01. The fraction of sp³-hybridized carbons (Fsp3) is 0.222. The van der Waals surface area contributed by atoms with Gasteiger partial charge in [0.25, 0.3) is 0 Å². The molecule has 0 radical (unpaired) electrons. The number of nitriles is 1. The molecule has 3 aromatic rings. The Hall–Kier alpha value is -4.11. The molecule has 1 amide bonds. The zero-order valence-corrected chi connectivity index (χ0v) is 18.8. The molecule has 0 aliphatic carbocycles. The number of fused-ring (bicyclic) bond motifs is 1. The topological polar surface area (TPSA) is 82.4 Å². The summed E-state index contributed by atoms with van der Waals surface area (Å²) in [6.45, 7) is 3.64. The molecule has 0 fully saturated rings. The second-order valence-electron chi connectivity index (χ2n) is 8.20. The monoisotopic (exact) mass is 439 g/mol. The second kappa shape index (κ2) is 9.17. The molecule has 1 N–H and O–H groups in total. The first-order valence-corrected chi connectivity index (χ1v) is 10.8. The molecule has 166 valence electrons. The van der Waals surface area contributed by atoms with E-state index in [0.717, 1.165) is 34.5 Å². The van der Waals surface area contributed by atoms with Crippen LogP contribution < -0.4 is 10.2 Å². The van der Waals surface area contributed by atoms with Crippen LogP contribution in [0.1, 0.15) is 47.8 Å². The van der Waals surface area contributed by atoms with E-state index in [2.05, 4.69) is 24.4 Å². The molecule has 1 heterocycles. The van der Waals surface area contributed by atoms with Gasteiger partial charge in [-0.3, -0.25) is 4.79 Å². The van der Waals surface area contributed by atoms with Crippen molar-refractivity contribution in [2.45, 2.75) is 32.4 Å². The standard InChI is InChI=1S/C27H25N3O3/c1-17-14-25(29-23-11-4-19(16-28)5-12-23)24-15-22(10-13-26(24)30(17)18(2)31)20-6-8-21(9-7-20)27(32)33-3/h4-13,15,17,25,29H,14H2,1-3H3. The normalized spacial score (nSPS) is 17.0. The average Bonchev–Trinajstić information content (AvgIpc) is 2.83. The summed E-state index contributed by atoms with van der Waals surface area (Å²) in [6.07, 6.45) is 0.747. The minimum absolute atomic E-state index is 0.00664. The molecule has 1 aliphatic heterocycles. The molecule has 0 spiro atoms. The lowest BCUT2D eigenvalue weighted by atomic mass is 9.88. The maximum absolute atomic E-state index is 12.4. The molecular weight excluding hydrogens is 414 g/mol. The fourth-order valence-corrected chi connectivity index (χ4v) is 4.42. The summed E-state index contributed by atoms with van der Waals surface area (Å²) >= 11 is 0. The van der Waals surface area contributed by atoms with Crippen LogP contribution in [0, 0.1) is 11.3 Å². The van der Waals surface area contributed by atoms with E-state index in [1.807, 2.05) is 41.3 Å². The largest absolute Gasteiger partial charge is 0.465 e. The van der Waals surface area contributed by atoms with Gasteiger partial charge in [-0.05, 0) is 78.6 Å². The number of rotatable bonds is 4. The molecule has 2 atom stereocenters. The van der Waals surface area contributed by atoms with Crippen LogP contribution in [-0.4, -0.2) is 25.0 Å². The molecule has 33 heavy (non-hydrogen) atoms. The highest BCUT2D eigenvalue weighted by Crippen LogP contribution is 2.41. The van der Waals surface area contributed by atoms with Crippen LogP contribution in [-0.2, 0) is 9.53 Å². The van der Waals surface area contributed by atoms with Crippen LogP contribution in [0.15, 0.2) is 66.7 Å². The van der Waals surface area contributed by atoms with Crippen molar-refractivity contribution in [3.05, 3.63) is 83.4 Å². The van der Waals surface area contributed by atoms with E-state index in [9.17, 15) is 9.59 Å². The maximum Gasteiger partial charge on any atom is 0.337 e. The number of carbonyl (C=O) groups excluding carboxylic acids is 2. The maximum atomic E-state index is 12.4. The number of hydrogen-bond donors (Lipinski definition) is 1. The zero-order valence-electron chi connectivity index (χ0n) is 18.8. The Kier molecular flexibility index (Phi) is 6.14. The van der Waals surface area contributed by atoms with Gasteiger partial charge in [0.05, 0.1) is 30.3 Å². The quantitative estimate of drug-likeness (QED) is 0.557. The Bertz CT molecular complexity index is 1230. The van der Waals surface area contributed by atoms with Gasteiger partial charge in [0.2, 0.25) is 5.91 Å². The van der Waals surface area contributed by atoms with E-state index in [1.54, 1.807) is 31.2 Å². The van der Waals surface area contributed by atoms with Crippen molar-refractivity contribution in [3.8, 4) is 17.2 Å². The highest BCUT2D eigenvalue weighted by Gasteiger charge is 2.32. The summed E-state index contributed by atoms with van der Waals surface area (Å²) in [5.74, 6) is -0.361. The molecule has 0 saturated heterocycles. The number of nitrogens with zero attached hydrogens (tertiary/aromatic N) is 2. The highest BCUT2D eigenvalue weighted by molar-refractivity contribution is 5.94. The number of anilines is 2. The van der Waals surface area contributed by atoms with Crippen molar-refractivity contribution in [2.75, 3.05) is 17.3 Å². The second-order valence-corrected chi connectivity index (χ2v) is 8.20. The van der Waals surface area contributed by atoms with Crippen molar-refractivity contribution in [3.63, 3.8) is 0 Å². The first-order valence-electron chi connectivity index (χ1n) is 10.8. The fourth-order valence-electron chi connectivity index (χ4n) is 4.42. The van der Waals surface area contributed by atoms with E-state index in [4.69, 9.17) is 10.00 Å². The lowest BCUT2D eigenvalue weighted by Crippen LogP contribution is -2.43. The zero-order chi connectivity index (χ0) is 23.5. The molecule has 1 aliphatic rings. The minimum atomic E-state index is -0.371. The Labute approximate surface area is 193 Å². The molecule has 3 aromatic carbocycles. The van der Waals surface area contributed by atoms with Gasteiger partial charge >= 0.3 is 5.97 Å². The minimum Gasteiger partial charge on any atom is -0.465 e. The van der Waals surface area contributed by atoms with E-state index < -0.39 is 0 Å². The average molecular weight is 440 g/mol. The van der Waals surface area contributed by atoms with Crippen LogP contribution in [0.5, 0.6) is 0 Å². The van der Waals surface area contributed by atoms with E-state index in [0.29, 0.717) is 11.1 Å². The summed E-state index contributed by atoms with van der Waals surface area (Å²) in [5, 5.41) is 12.6. The highest BCUT2D eigenvalue weighted by atomic mass is 16.5. The van der Waals surface area contributed by atoms with E-state index >= 15 is 0 Å². The first kappa shape index (κ1) is 22.1. The summed E-state index contributed by atoms with van der Waals surface area (Å²) in [4.78, 5) is 26.0. The van der Waals surface area contributed by atoms with Crippen molar-refractivity contribution in [1.82, 2.24) is 0 Å². The van der Waals surface area contributed by atoms with Crippen LogP contribution >= 0.6 is 0 Å². The lowest BCUT2D eigenvalue weighted by molar-refractivity contribution is -0.117. The Morgan fingerprint density at radius 1 is 1.03 bits per heavy atom. The molecule has 6 nitrogen and oxygen atoms in total. The number of carbonyl (C=O) groups is 2. The number of amides is 1. The molecule has 2 unspecified atom stereocenters. The van der Waals surface area contributed by atoms with E-state index in [1.165, 1.54) is 7.11 Å². The van der Waals surface area contributed by atoms with Gasteiger partial charge in [0.15, 0.2) is 0 Å². The van der Waals surface area contributed by atoms with Crippen LogP contribution in [0.4, 0.5) is 11.4 Å². The number of esters is 1. The van der Waals surface area contributed by atoms with Crippen molar-refractivity contribution in [1.29, 1.82) is 5.26 Å². The van der Waals surface area contributed by atoms with Crippen molar-refractivity contribution >= 4 is 23.3 Å². The molecule has 0 bridgehead atoms. The number of hydrogen-bond acceptors (Lipinski definition) is 5. The molecular formula is C27H25N3O3. The van der Waals surface area contributed by atoms with Gasteiger partial charge in [-0.15, -0.1) is 0 Å². The van der Waals surface area contributed by atoms with Gasteiger partial charge in [-0.25, -0.2) is 4.79 Å². The summed E-state index contributed by atoms with van der Waals surface area (Å²) in [7, 11) is 1.36. The van der Waals surface area contributed by atoms with Crippen LogP contribution in [0.2, 0.25) is 0 Å². The lowest BCUT2D eigenvalue weighted by Gasteiger charge is -2.39. The number of nitrogens with one attached hydrogen (secondary N) is 1. The van der Waals surface area contributed by atoms with Gasteiger partial charge in [0.1, 0.15) is 0 Å². The third-order valence-electron chi connectivity index (χ3n) is 6.01. The predicted octanol–water partition coefficient (Wildman–Crippen LogP) is 5.31. The van der Waals surface area contributed by atoms with Crippen molar-refractivity contribution in [2.24, 2.45) is 0 Å². The van der Waals surface area contributed by atoms with E-state index in [-0.39, 0.29) is 24.0 Å². The van der Waals surface area contributed by atoms with Gasteiger partial charge in [0, 0.05) is 24.3 Å². The molecule has 0 aromatic heterocycles. The van der Waals surface area contributed by atoms with Gasteiger partial charge in [-0.2, -0.15) is 5.26 Å². The Balaban J connectivity index is 1.72. The third kappa shape index (κ3) is 4.44. The number of methoxy groups -OCH3 is 1. The number of ether oxygens (including phenoxy) is 1. The summed E-state index contributed by atoms with van der Waals surface area (Å²) in [6, 6.07) is 22.9. The Morgan fingerprint density at radius 2 is 1.70 bits per heavy atom. The molecule has 4 rings (SSSR count). The molecule has 6 heteroatoms. The summed E-state index contributed by atoms with van der Waals surface area (Å²) in [5.41, 5.74) is 5.91. The summed E-state index contributed by atoms with van der Waals surface area (Å²) < 4.78 is 4.78. The van der Waals surface area contributed by atoms with Crippen molar-refractivity contribution < 1.29 is 14.3 Å². The molecule has 0 saturated carbocycles. The van der Waals surface area contributed by atoms with Gasteiger partial charge < -0.3 is 15.0 Å². The van der Waals surface area contributed by atoms with Crippen LogP contribution in [0.3, 0.4) is 0 Å². The smallest absolute Gasteiger partial charge is 0.337 e. The number of benzene rings is 3. The SMILES string of the molecule is COC(=O)c1ccc(-c2ccc3c(c2)C(Nc2ccc(C#N)cc2)CC(C)N3C(C)=O)cc1. The van der Waals surface area contributed by atoms with Gasteiger partial charge in [-0.1, -0.05) is 18.2 Å². The van der Waals surface area contributed by atoms with Crippen LogP contribution in [0.25, 0.3) is 11.1 Å².